The van der Waals surface area contributed by atoms with Crippen molar-refractivity contribution in [2.75, 3.05) is 5.32 Å². The smallest absolute Gasteiger partial charge is 0.123 e. The molecule has 0 spiro atoms. The number of hydrogen-bond acceptors (Lipinski definition) is 4. The second-order valence-corrected chi connectivity index (χ2v) is 8.79. The van der Waals surface area contributed by atoms with E-state index in [4.69, 9.17) is 0 Å². The summed E-state index contributed by atoms with van der Waals surface area (Å²) in [5.74, 6) is -0.478. The fourth-order valence-corrected chi connectivity index (χ4v) is 3.79. The van der Waals surface area contributed by atoms with Crippen molar-refractivity contribution in [3.05, 3.63) is 157 Å². The summed E-state index contributed by atoms with van der Waals surface area (Å²) >= 11 is 0. The summed E-state index contributed by atoms with van der Waals surface area (Å²) < 4.78 is 29.5. The summed E-state index contributed by atoms with van der Waals surface area (Å²) in [4.78, 5) is 12.3. The van der Waals surface area contributed by atoms with E-state index in [0.717, 1.165) is 33.9 Å². The third-order valence-electron chi connectivity index (χ3n) is 5.96. The molecule has 0 unspecified atom stereocenters. The third kappa shape index (κ3) is 7.35. The molecule has 0 saturated heterocycles. The van der Waals surface area contributed by atoms with Crippen LogP contribution in [0.25, 0.3) is 11.4 Å². The van der Waals surface area contributed by atoms with Crippen LogP contribution in [0.2, 0.25) is 0 Å². The number of nitrogens with zero attached hydrogens (tertiary/aromatic N) is 5. The van der Waals surface area contributed by atoms with Crippen molar-refractivity contribution >= 4 is 17.6 Å². The Balaban J connectivity index is 0.000000161. The number of rotatable bonds is 7. The number of aliphatic imine (C=N–C) groups is 1. The lowest BCUT2D eigenvalue weighted by atomic mass is 10.2. The van der Waals surface area contributed by atoms with Crippen LogP contribution in [0.1, 0.15) is 11.1 Å². The number of benzene rings is 4. The predicted molar refractivity (Wildman–Crippen MR) is 155 cm³/mol. The van der Waals surface area contributed by atoms with Crippen LogP contribution in [-0.2, 0) is 6.54 Å². The van der Waals surface area contributed by atoms with E-state index < -0.39 is 0 Å². The topological polar surface area (TPSA) is 60.0 Å². The number of halogens is 2. The second-order valence-electron chi connectivity index (χ2n) is 8.79. The molecule has 6 nitrogen and oxygen atoms in total. The molecule has 40 heavy (non-hydrogen) atoms. The maximum Gasteiger partial charge on any atom is 0.123 e. The summed E-state index contributed by atoms with van der Waals surface area (Å²) in [5, 5.41) is 3.26. The number of anilines is 1. The highest BCUT2D eigenvalue weighted by molar-refractivity contribution is 5.82. The molecule has 0 aliphatic heterocycles. The van der Waals surface area contributed by atoms with Crippen molar-refractivity contribution < 1.29 is 8.78 Å². The fourth-order valence-electron chi connectivity index (χ4n) is 3.79. The normalized spacial score (nSPS) is 10.8. The van der Waals surface area contributed by atoms with Gasteiger partial charge in [-0.1, -0.05) is 24.3 Å². The van der Waals surface area contributed by atoms with Gasteiger partial charge in [0.25, 0.3) is 0 Å². The van der Waals surface area contributed by atoms with Crippen LogP contribution in [0.3, 0.4) is 0 Å². The number of hydrogen-bond donors (Lipinski definition) is 1. The van der Waals surface area contributed by atoms with Gasteiger partial charge in [-0.3, -0.25) is 4.99 Å². The quantitative estimate of drug-likeness (QED) is 0.218. The van der Waals surface area contributed by atoms with Crippen molar-refractivity contribution in [3.63, 3.8) is 0 Å². The molecule has 6 rings (SSSR count). The first kappa shape index (κ1) is 26.2. The largest absolute Gasteiger partial charge is 0.381 e. The molecule has 2 aromatic heterocycles. The lowest BCUT2D eigenvalue weighted by Gasteiger charge is -2.08. The van der Waals surface area contributed by atoms with Gasteiger partial charge >= 0.3 is 0 Å². The monoisotopic (exact) mass is 532 g/mol. The molecule has 0 saturated carbocycles. The van der Waals surface area contributed by atoms with Gasteiger partial charge in [0.2, 0.25) is 0 Å². The molecule has 6 aromatic rings. The van der Waals surface area contributed by atoms with Gasteiger partial charge in [-0.2, -0.15) is 0 Å². The Hall–Kier alpha value is -5.37. The van der Waals surface area contributed by atoms with Crippen molar-refractivity contribution in [2.24, 2.45) is 4.99 Å². The molecule has 0 bridgehead atoms. The van der Waals surface area contributed by atoms with Gasteiger partial charge < -0.3 is 14.5 Å². The van der Waals surface area contributed by atoms with E-state index in [1.54, 1.807) is 55.5 Å². The second kappa shape index (κ2) is 12.9. The van der Waals surface area contributed by atoms with Crippen LogP contribution < -0.4 is 5.32 Å². The standard InChI is InChI=1S/C16H14FN3.C16H12FN3/c2*17-14-3-5-15(6-4-14)19-11-13-1-7-16(8-2-13)20-10-9-18-12-20/h1-10,12,19H,11H2;1-12H. The number of imidazole rings is 2. The average Bonchev–Trinajstić information content (AvgIpc) is 3.73. The van der Waals surface area contributed by atoms with Gasteiger partial charge in [-0.25, -0.2) is 18.7 Å². The van der Waals surface area contributed by atoms with E-state index in [0.29, 0.717) is 6.54 Å². The Morgan fingerprint density at radius 3 is 1.70 bits per heavy atom. The van der Waals surface area contributed by atoms with E-state index >= 15 is 0 Å². The van der Waals surface area contributed by atoms with E-state index in [9.17, 15) is 8.78 Å². The molecular formula is C32H26F2N6. The zero-order valence-electron chi connectivity index (χ0n) is 21.5. The lowest BCUT2D eigenvalue weighted by Crippen LogP contribution is -1.99. The molecule has 1 N–H and O–H groups in total. The predicted octanol–water partition coefficient (Wildman–Crippen LogP) is 7.39. The molecule has 0 aliphatic carbocycles. The van der Waals surface area contributed by atoms with E-state index in [1.807, 2.05) is 57.9 Å². The maximum absolute atomic E-state index is 12.8. The van der Waals surface area contributed by atoms with Crippen LogP contribution in [0.4, 0.5) is 20.2 Å². The highest BCUT2D eigenvalue weighted by Crippen LogP contribution is 2.14. The van der Waals surface area contributed by atoms with Gasteiger partial charge in [0.1, 0.15) is 11.6 Å². The van der Waals surface area contributed by atoms with Gasteiger partial charge in [0.05, 0.1) is 18.3 Å². The van der Waals surface area contributed by atoms with Crippen LogP contribution in [-0.4, -0.2) is 25.3 Å². The summed E-state index contributed by atoms with van der Waals surface area (Å²) in [6.45, 7) is 0.704. The van der Waals surface area contributed by atoms with Gasteiger partial charge in [-0.15, -0.1) is 0 Å². The molecule has 8 heteroatoms. The number of nitrogens with one attached hydrogen (secondary N) is 1. The van der Waals surface area contributed by atoms with Gasteiger partial charge in [0, 0.05) is 54.6 Å². The van der Waals surface area contributed by atoms with Crippen molar-refractivity contribution in [2.45, 2.75) is 6.54 Å². The Kier molecular flexibility index (Phi) is 8.48. The zero-order valence-corrected chi connectivity index (χ0v) is 21.5. The molecule has 0 atom stereocenters. The SMILES string of the molecule is Fc1ccc(N=Cc2ccc(-n3ccnc3)cc2)cc1.Fc1ccc(NCc2ccc(-n3ccnc3)cc2)cc1. The van der Waals surface area contributed by atoms with Gasteiger partial charge in [-0.05, 0) is 83.9 Å². The number of aromatic nitrogens is 4. The van der Waals surface area contributed by atoms with Crippen LogP contribution >= 0.6 is 0 Å². The minimum absolute atomic E-state index is 0.222. The summed E-state index contributed by atoms with van der Waals surface area (Å²) in [6.07, 6.45) is 12.6. The lowest BCUT2D eigenvalue weighted by molar-refractivity contribution is 0.627. The van der Waals surface area contributed by atoms with Gasteiger partial charge in [0.15, 0.2) is 0 Å². The Bertz CT molecular complexity index is 1610. The average molecular weight is 533 g/mol. The molecule has 0 fully saturated rings. The summed E-state index contributed by atoms with van der Waals surface area (Å²) in [5.41, 5.74) is 5.90. The van der Waals surface area contributed by atoms with Crippen molar-refractivity contribution in [3.8, 4) is 11.4 Å². The fraction of sp³-hybridized carbons (Fsp3) is 0.0312. The van der Waals surface area contributed by atoms with Crippen LogP contribution in [0, 0.1) is 11.6 Å². The molecule has 0 aliphatic rings. The highest BCUT2D eigenvalue weighted by atomic mass is 19.1. The Labute approximate surface area is 231 Å². The first-order valence-electron chi connectivity index (χ1n) is 12.6. The molecule has 4 aromatic carbocycles. The zero-order chi connectivity index (χ0) is 27.6. The molecule has 0 amide bonds. The molecule has 0 radical (unpaired) electrons. The molecular weight excluding hydrogens is 506 g/mol. The Morgan fingerprint density at radius 2 is 1.18 bits per heavy atom. The van der Waals surface area contributed by atoms with Crippen molar-refractivity contribution in [1.29, 1.82) is 0 Å². The Morgan fingerprint density at radius 1 is 0.650 bits per heavy atom. The van der Waals surface area contributed by atoms with E-state index in [-0.39, 0.29) is 11.6 Å². The summed E-state index contributed by atoms with van der Waals surface area (Å²) in [6, 6.07) is 28.6. The minimum atomic E-state index is -0.256. The van der Waals surface area contributed by atoms with Crippen LogP contribution in [0.15, 0.2) is 139 Å². The molecule has 198 valence electrons. The first-order chi connectivity index (χ1) is 19.6. The minimum Gasteiger partial charge on any atom is -0.381 e. The maximum atomic E-state index is 12.8. The molecule has 2 heterocycles. The van der Waals surface area contributed by atoms with E-state index in [1.165, 1.54) is 24.3 Å². The first-order valence-corrected chi connectivity index (χ1v) is 12.6. The van der Waals surface area contributed by atoms with E-state index in [2.05, 4.69) is 32.4 Å². The van der Waals surface area contributed by atoms with Crippen LogP contribution in [0.5, 0.6) is 0 Å². The van der Waals surface area contributed by atoms with Crippen molar-refractivity contribution in [1.82, 2.24) is 19.1 Å². The highest BCUT2D eigenvalue weighted by Gasteiger charge is 1.98. The third-order valence-corrected chi connectivity index (χ3v) is 5.96. The summed E-state index contributed by atoms with van der Waals surface area (Å²) in [7, 11) is 0.